The van der Waals surface area contributed by atoms with Crippen LogP contribution in [0.5, 0.6) is 0 Å². The van der Waals surface area contributed by atoms with Crippen LogP contribution in [0.25, 0.3) is 0 Å². The molecule has 6 unspecified atom stereocenters. The number of aliphatic carboxylic acids is 1. The molecule has 0 radical (unpaired) electrons. The molecule has 1 rings (SSSR count). The lowest BCUT2D eigenvalue weighted by molar-refractivity contribution is -0.298. The number of rotatable bonds is 47. The average molecular weight is 937 g/mol. The molecule has 0 spiro atoms. The van der Waals surface area contributed by atoms with E-state index in [4.69, 9.17) is 18.9 Å². The van der Waals surface area contributed by atoms with Crippen LogP contribution in [0.1, 0.15) is 258 Å². The molecule has 0 aromatic heterocycles. The van der Waals surface area contributed by atoms with E-state index in [1.165, 1.54) is 167 Å². The maximum absolute atomic E-state index is 12.9. The zero-order valence-corrected chi connectivity index (χ0v) is 42.2. The molecule has 4 N–H and O–H groups in total. The third kappa shape index (κ3) is 35.8. The van der Waals surface area contributed by atoms with Gasteiger partial charge in [-0.25, -0.2) is 4.79 Å². The summed E-state index contributed by atoms with van der Waals surface area (Å²) >= 11 is 0. The molecule has 1 saturated heterocycles. The predicted octanol–water partition coefficient (Wildman–Crippen LogP) is 13.3. The summed E-state index contributed by atoms with van der Waals surface area (Å²) in [5.41, 5.74) is 0. The zero-order valence-electron chi connectivity index (χ0n) is 42.2. The van der Waals surface area contributed by atoms with Gasteiger partial charge in [-0.05, 0) is 44.9 Å². The molecular weight excluding hydrogens is 837 g/mol. The lowest BCUT2D eigenvalue weighted by Gasteiger charge is -2.38. The van der Waals surface area contributed by atoms with Crippen molar-refractivity contribution in [2.24, 2.45) is 0 Å². The van der Waals surface area contributed by atoms with Gasteiger partial charge in [-0.1, -0.05) is 224 Å². The van der Waals surface area contributed by atoms with Crippen molar-refractivity contribution in [3.05, 3.63) is 24.3 Å². The highest BCUT2D eigenvalue weighted by Crippen LogP contribution is 2.23. The largest absolute Gasteiger partial charge is 0.479 e. The monoisotopic (exact) mass is 937 g/mol. The quantitative estimate of drug-likeness (QED) is 0.0260. The van der Waals surface area contributed by atoms with Gasteiger partial charge in [0.15, 0.2) is 18.5 Å². The van der Waals surface area contributed by atoms with Crippen LogP contribution in [0.3, 0.4) is 0 Å². The van der Waals surface area contributed by atoms with Gasteiger partial charge < -0.3 is 39.4 Å². The number of aliphatic hydroxyl groups excluding tert-OH is 3. The number of aliphatic hydroxyl groups is 3. The van der Waals surface area contributed by atoms with Gasteiger partial charge in [0, 0.05) is 12.8 Å². The van der Waals surface area contributed by atoms with Crippen molar-refractivity contribution in [1.82, 2.24) is 0 Å². The highest BCUT2D eigenvalue weighted by Gasteiger charge is 2.47. The molecule has 66 heavy (non-hydrogen) atoms. The minimum atomic E-state index is -1.86. The third-order valence-corrected chi connectivity index (χ3v) is 12.8. The van der Waals surface area contributed by atoms with E-state index in [1.807, 2.05) is 0 Å². The predicted molar refractivity (Wildman–Crippen MR) is 266 cm³/mol. The summed E-state index contributed by atoms with van der Waals surface area (Å²) in [5.74, 6) is -2.43. The number of allylic oxidation sites excluding steroid dienone is 4. The first kappa shape index (κ1) is 61.7. The maximum atomic E-state index is 12.9. The molecular formula is C55H100O11. The van der Waals surface area contributed by atoms with Crippen molar-refractivity contribution in [3.8, 4) is 0 Å². The Kier molecular flexibility index (Phi) is 42.2. The normalized spacial score (nSPS) is 19.2. The van der Waals surface area contributed by atoms with E-state index in [1.54, 1.807) is 0 Å². The summed E-state index contributed by atoms with van der Waals surface area (Å²) in [4.78, 5) is 37.0. The van der Waals surface area contributed by atoms with E-state index in [2.05, 4.69) is 38.2 Å². The molecule has 0 aromatic rings. The summed E-state index contributed by atoms with van der Waals surface area (Å²) in [6.45, 7) is 3.84. The number of hydrogen-bond donors (Lipinski definition) is 4. The van der Waals surface area contributed by atoms with Gasteiger partial charge in [0.25, 0.3) is 0 Å². The fourth-order valence-electron chi connectivity index (χ4n) is 8.50. The molecule has 0 aromatic carbocycles. The van der Waals surface area contributed by atoms with Crippen molar-refractivity contribution in [2.75, 3.05) is 13.2 Å². The standard InChI is InChI=1S/C55H100O11/c1-3-5-7-9-11-13-15-17-19-21-23-24-26-28-30-32-34-36-38-40-42-44-49(57)65-47(46-64-55-52(60)50(58)51(59)53(66-55)54(61)62)45-63-48(56)43-41-39-37-35-33-31-29-27-25-22-20-18-16-14-12-10-8-6-4-2/h12,14,18,20,47,50-53,55,58-60H,3-11,13,15-17,19,21-46H2,1-2H3,(H,61,62)/b14-12-,20-18-. The van der Waals surface area contributed by atoms with E-state index in [-0.39, 0.29) is 26.1 Å². The Morgan fingerprint density at radius 1 is 0.470 bits per heavy atom. The molecule has 0 amide bonds. The average Bonchev–Trinajstić information content (AvgIpc) is 3.30. The van der Waals surface area contributed by atoms with Crippen molar-refractivity contribution in [1.29, 1.82) is 0 Å². The first-order valence-electron chi connectivity index (χ1n) is 27.4. The molecule has 0 bridgehead atoms. The van der Waals surface area contributed by atoms with Crippen molar-refractivity contribution < 1.29 is 53.8 Å². The molecule has 1 aliphatic rings. The summed E-state index contributed by atoms with van der Waals surface area (Å²) < 4.78 is 21.9. The number of esters is 2. The van der Waals surface area contributed by atoms with Crippen LogP contribution >= 0.6 is 0 Å². The summed E-state index contributed by atoms with van der Waals surface area (Å²) in [6, 6.07) is 0. The van der Waals surface area contributed by atoms with E-state index in [9.17, 15) is 34.8 Å². The maximum Gasteiger partial charge on any atom is 0.335 e. The molecule has 11 nitrogen and oxygen atoms in total. The Balaban J connectivity index is 2.26. The van der Waals surface area contributed by atoms with E-state index in [0.29, 0.717) is 12.8 Å². The second kappa shape index (κ2) is 45.2. The van der Waals surface area contributed by atoms with Crippen LogP contribution in [-0.4, -0.2) is 88.4 Å². The van der Waals surface area contributed by atoms with Gasteiger partial charge in [-0.15, -0.1) is 0 Å². The van der Waals surface area contributed by atoms with E-state index in [0.717, 1.165) is 51.4 Å². The van der Waals surface area contributed by atoms with Gasteiger partial charge >= 0.3 is 17.9 Å². The zero-order chi connectivity index (χ0) is 48.1. The molecule has 1 heterocycles. The minimum absolute atomic E-state index is 0.187. The van der Waals surface area contributed by atoms with Gasteiger partial charge in [0.2, 0.25) is 0 Å². The number of carbonyl (C=O) groups excluding carboxylic acids is 2. The fourth-order valence-corrected chi connectivity index (χ4v) is 8.50. The van der Waals surface area contributed by atoms with Gasteiger partial charge in [0.1, 0.15) is 24.9 Å². The Morgan fingerprint density at radius 2 is 0.848 bits per heavy atom. The van der Waals surface area contributed by atoms with Crippen molar-refractivity contribution in [3.63, 3.8) is 0 Å². The second-order valence-electron chi connectivity index (χ2n) is 19.1. The minimum Gasteiger partial charge on any atom is -0.479 e. The van der Waals surface area contributed by atoms with Crippen LogP contribution in [0.15, 0.2) is 24.3 Å². The van der Waals surface area contributed by atoms with E-state index < -0.39 is 54.7 Å². The topological polar surface area (TPSA) is 169 Å². The highest BCUT2D eigenvalue weighted by molar-refractivity contribution is 5.73. The van der Waals surface area contributed by atoms with Gasteiger partial charge in [-0.3, -0.25) is 9.59 Å². The number of ether oxygens (including phenoxy) is 4. The molecule has 1 fully saturated rings. The molecule has 1 aliphatic heterocycles. The van der Waals surface area contributed by atoms with Crippen LogP contribution in [-0.2, 0) is 33.3 Å². The number of carboxylic acids is 1. The molecule has 6 atom stereocenters. The van der Waals surface area contributed by atoms with E-state index >= 15 is 0 Å². The SMILES string of the molecule is CCCCC/C=C\C/C=C\CCCCCCCCCCCC(=O)OCC(COC1OC(C(=O)O)C(O)C(O)C1O)OC(=O)CCCCCCCCCCCCCCCCCCCCCCC. The smallest absolute Gasteiger partial charge is 0.335 e. The summed E-state index contributed by atoms with van der Waals surface area (Å²) in [5, 5.41) is 40.0. The third-order valence-electron chi connectivity index (χ3n) is 12.8. The molecule has 0 aliphatic carbocycles. The first-order chi connectivity index (χ1) is 32.2. The first-order valence-corrected chi connectivity index (χ1v) is 27.4. The van der Waals surface area contributed by atoms with Crippen LogP contribution in [0.4, 0.5) is 0 Å². The fraction of sp³-hybridized carbons (Fsp3) is 0.873. The molecule has 0 saturated carbocycles. The number of carboxylic acid groups (broad SMARTS) is 1. The summed E-state index contributed by atoms with van der Waals surface area (Å²) in [6.07, 6.45) is 43.7. The number of hydrogen-bond acceptors (Lipinski definition) is 10. The lowest BCUT2D eigenvalue weighted by atomic mass is 9.99. The highest BCUT2D eigenvalue weighted by atomic mass is 16.7. The number of unbranched alkanes of at least 4 members (excludes halogenated alkanes) is 32. The van der Waals surface area contributed by atoms with Crippen LogP contribution < -0.4 is 0 Å². The Morgan fingerprint density at radius 3 is 1.29 bits per heavy atom. The molecule has 11 heteroatoms. The van der Waals surface area contributed by atoms with Crippen LogP contribution in [0.2, 0.25) is 0 Å². The summed E-state index contributed by atoms with van der Waals surface area (Å²) in [7, 11) is 0. The van der Waals surface area contributed by atoms with Crippen LogP contribution in [0, 0.1) is 0 Å². The second-order valence-corrected chi connectivity index (χ2v) is 19.1. The van der Waals surface area contributed by atoms with Gasteiger partial charge in [-0.2, -0.15) is 0 Å². The number of carbonyl (C=O) groups is 3. The van der Waals surface area contributed by atoms with Gasteiger partial charge in [0.05, 0.1) is 6.61 Å². The molecule has 386 valence electrons. The Bertz CT molecular complexity index is 1190. The Hall–Kier alpha value is -2.31. The van der Waals surface area contributed by atoms with Crippen molar-refractivity contribution in [2.45, 2.75) is 295 Å². The lowest BCUT2D eigenvalue weighted by Crippen LogP contribution is -2.60. The Labute approximate surface area is 402 Å². The van der Waals surface area contributed by atoms with Crippen molar-refractivity contribution >= 4 is 17.9 Å².